The lowest BCUT2D eigenvalue weighted by Gasteiger charge is -2.33. The number of hydrogen-bond donors (Lipinski definition) is 1. The van der Waals surface area contributed by atoms with E-state index in [0.717, 1.165) is 23.9 Å². The zero-order valence-corrected chi connectivity index (χ0v) is 16.1. The molecule has 0 bridgehead atoms. The molecule has 10 heteroatoms. The highest BCUT2D eigenvalue weighted by atomic mass is 35.5. The summed E-state index contributed by atoms with van der Waals surface area (Å²) in [6.07, 6.45) is -2.25. The summed E-state index contributed by atoms with van der Waals surface area (Å²) in [6.45, 7) is 1.07. The Morgan fingerprint density at radius 3 is 2.41 bits per heavy atom. The van der Waals surface area contributed by atoms with Gasteiger partial charge in [-0.2, -0.15) is 18.3 Å². The number of fused-ring (bicyclic) bond motifs is 1. The quantitative estimate of drug-likeness (QED) is 0.685. The van der Waals surface area contributed by atoms with Gasteiger partial charge in [0, 0.05) is 19.5 Å². The average molecular weight is 431 g/mol. The Kier molecular flexibility index (Phi) is 5.18. The van der Waals surface area contributed by atoms with E-state index in [0.29, 0.717) is 18.7 Å². The van der Waals surface area contributed by atoms with E-state index in [9.17, 15) is 22.4 Å². The Morgan fingerprint density at radius 2 is 1.79 bits per heavy atom. The van der Waals surface area contributed by atoms with Gasteiger partial charge in [0.15, 0.2) is 11.7 Å². The number of halogens is 5. The standard InChI is InChI=1S/C19H19ClF4N4O/c20-15-16(18(29)27-8-2-1-3-9-27)26-28-14(19(22,23)24)10-13(25-17(15)28)11-4-6-12(21)7-5-11/h4-7,13-14,25H,1-3,8-10H2/t13-,14+/m1/s1. The van der Waals surface area contributed by atoms with Gasteiger partial charge in [-0.3, -0.25) is 4.79 Å². The van der Waals surface area contributed by atoms with Gasteiger partial charge in [0.25, 0.3) is 5.91 Å². The molecule has 5 nitrogen and oxygen atoms in total. The predicted octanol–water partition coefficient (Wildman–Crippen LogP) is 4.96. The molecule has 3 heterocycles. The van der Waals surface area contributed by atoms with Gasteiger partial charge < -0.3 is 10.2 Å². The second-order valence-corrected chi connectivity index (χ2v) is 7.73. The van der Waals surface area contributed by atoms with Crippen LogP contribution in [0.5, 0.6) is 0 Å². The number of alkyl halides is 3. The number of anilines is 1. The molecule has 2 aliphatic rings. The van der Waals surface area contributed by atoms with Crippen LogP contribution < -0.4 is 5.32 Å². The van der Waals surface area contributed by atoms with Gasteiger partial charge in [-0.1, -0.05) is 23.7 Å². The topological polar surface area (TPSA) is 50.2 Å². The number of nitrogens with zero attached hydrogens (tertiary/aromatic N) is 3. The summed E-state index contributed by atoms with van der Waals surface area (Å²) in [6, 6.07) is 2.55. The van der Waals surface area contributed by atoms with E-state index in [1.165, 1.54) is 24.3 Å². The largest absolute Gasteiger partial charge is 0.410 e. The van der Waals surface area contributed by atoms with Crippen LogP contribution in [0.25, 0.3) is 0 Å². The fourth-order valence-corrected chi connectivity index (χ4v) is 4.15. The fraction of sp³-hybridized carbons (Fsp3) is 0.474. The average Bonchev–Trinajstić information content (AvgIpc) is 3.04. The van der Waals surface area contributed by atoms with E-state index in [4.69, 9.17) is 11.6 Å². The number of amides is 1. The van der Waals surface area contributed by atoms with Gasteiger partial charge in [-0.05, 0) is 37.0 Å². The monoisotopic (exact) mass is 430 g/mol. The summed E-state index contributed by atoms with van der Waals surface area (Å²) in [4.78, 5) is 14.4. The van der Waals surface area contributed by atoms with Crippen molar-refractivity contribution in [3.8, 4) is 0 Å². The summed E-state index contributed by atoms with van der Waals surface area (Å²) < 4.78 is 55.3. The molecule has 1 aromatic heterocycles. The molecule has 1 amide bonds. The van der Waals surface area contributed by atoms with E-state index in [2.05, 4.69) is 10.4 Å². The van der Waals surface area contributed by atoms with E-state index >= 15 is 0 Å². The number of benzene rings is 1. The highest BCUT2D eigenvalue weighted by Crippen LogP contribution is 2.46. The lowest BCUT2D eigenvalue weighted by molar-refractivity contribution is -0.173. The highest BCUT2D eigenvalue weighted by molar-refractivity contribution is 6.36. The van der Waals surface area contributed by atoms with Crippen LogP contribution in [0.3, 0.4) is 0 Å². The third-order valence-electron chi connectivity index (χ3n) is 5.41. The van der Waals surface area contributed by atoms with Crippen LogP contribution in [-0.2, 0) is 0 Å². The first-order valence-electron chi connectivity index (χ1n) is 9.41. The number of piperidine rings is 1. The zero-order valence-electron chi connectivity index (χ0n) is 15.3. The molecule has 2 atom stereocenters. The van der Waals surface area contributed by atoms with Crippen molar-refractivity contribution < 1.29 is 22.4 Å². The molecule has 29 heavy (non-hydrogen) atoms. The maximum Gasteiger partial charge on any atom is 0.410 e. The maximum absolute atomic E-state index is 13.8. The molecule has 0 spiro atoms. The van der Waals surface area contributed by atoms with Crippen LogP contribution in [-0.4, -0.2) is 39.9 Å². The number of carbonyl (C=O) groups is 1. The van der Waals surface area contributed by atoms with Crippen molar-refractivity contribution >= 4 is 23.3 Å². The predicted molar refractivity (Wildman–Crippen MR) is 99.5 cm³/mol. The van der Waals surface area contributed by atoms with Crippen molar-refractivity contribution in [3.63, 3.8) is 0 Å². The van der Waals surface area contributed by atoms with Gasteiger partial charge in [0.2, 0.25) is 0 Å². The van der Waals surface area contributed by atoms with Crippen molar-refractivity contribution in [2.75, 3.05) is 18.4 Å². The van der Waals surface area contributed by atoms with Crippen LogP contribution >= 0.6 is 11.6 Å². The summed E-state index contributed by atoms with van der Waals surface area (Å²) in [5.41, 5.74) is 0.318. The van der Waals surface area contributed by atoms with Crippen LogP contribution in [0.4, 0.5) is 23.4 Å². The summed E-state index contributed by atoms with van der Waals surface area (Å²) in [5, 5.41) is 6.80. The minimum atomic E-state index is -4.59. The number of likely N-dealkylation sites (tertiary alicyclic amines) is 1. The molecule has 2 aliphatic heterocycles. The molecular formula is C19H19ClF4N4O. The Labute approximate surface area is 169 Å². The Hall–Kier alpha value is -2.29. The normalized spacial score (nSPS) is 22.2. The van der Waals surface area contributed by atoms with Crippen LogP contribution in [0.2, 0.25) is 5.02 Å². The van der Waals surface area contributed by atoms with Crippen molar-refractivity contribution in [1.29, 1.82) is 0 Å². The number of carbonyl (C=O) groups excluding carboxylic acids is 1. The highest BCUT2D eigenvalue weighted by Gasteiger charge is 2.48. The van der Waals surface area contributed by atoms with Crippen molar-refractivity contribution in [1.82, 2.24) is 14.7 Å². The molecule has 0 unspecified atom stereocenters. The molecule has 0 radical (unpaired) electrons. The first kappa shape index (κ1) is 20.0. The molecule has 0 saturated carbocycles. The Bertz CT molecular complexity index is 906. The zero-order chi connectivity index (χ0) is 20.8. The van der Waals surface area contributed by atoms with Crippen molar-refractivity contribution in [2.45, 2.75) is 43.9 Å². The van der Waals surface area contributed by atoms with Gasteiger partial charge in [0.1, 0.15) is 16.7 Å². The molecule has 0 aliphatic carbocycles. The van der Waals surface area contributed by atoms with Gasteiger partial charge in [-0.15, -0.1) is 0 Å². The van der Waals surface area contributed by atoms with E-state index in [1.807, 2.05) is 0 Å². The first-order chi connectivity index (χ1) is 13.8. The van der Waals surface area contributed by atoms with Gasteiger partial charge >= 0.3 is 6.18 Å². The van der Waals surface area contributed by atoms with E-state index in [-0.39, 0.29) is 23.0 Å². The van der Waals surface area contributed by atoms with Crippen LogP contribution in [0.1, 0.15) is 53.8 Å². The smallest absolute Gasteiger partial charge is 0.362 e. The van der Waals surface area contributed by atoms with Crippen molar-refractivity contribution in [3.05, 3.63) is 46.4 Å². The fourth-order valence-electron chi connectivity index (χ4n) is 3.89. The second kappa shape index (κ2) is 7.51. The molecule has 4 rings (SSSR count). The molecule has 156 valence electrons. The lowest BCUT2D eigenvalue weighted by atomic mass is 9.97. The lowest BCUT2D eigenvalue weighted by Crippen LogP contribution is -2.37. The Balaban J connectivity index is 1.71. The second-order valence-electron chi connectivity index (χ2n) is 7.35. The first-order valence-corrected chi connectivity index (χ1v) is 9.79. The molecule has 1 saturated heterocycles. The molecule has 1 fully saturated rings. The third kappa shape index (κ3) is 3.80. The number of rotatable bonds is 2. The van der Waals surface area contributed by atoms with Crippen molar-refractivity contribution in [2.24, 2.45) is 0 Å². The van der Waals surface area contributed by atoms with Crippen LogP contribution in [0, 0.1) is 5.82 Å². The minimum Gasteiger partial charge on any atom is -0.362 e. The number of nitrogens with one attached hydrogen (secondary N) is 1. The number of hydrogen-bond acceptors (Lipinski definition) is 3. The molecule has 2 aromatic rings. The maximum atomic E-state index is 13.8. The Morgan fingerprint density at radius 1 is 1.14 bits per heavy atom. The molecule has 1 N–H and O–H groups in total. The third-order valence-corrected chi connectivity index (χ3v) is 5.77. The molecular weight excluding hydrogens is 412 g/mol. The molecule has 1 aromatic carbocycles. The van der Waals surface area contributed by atoms with Gasteiger partial charge in [-0.25, -0.2) is 9.07 Å². The summed E-state index contributed by atoms with van der Waals surface area (Å²) in [5.74, 6) is -0.984. The summed E-state index contributed by atoms with van der Waals surface area (Å²) >= 11 is 6.33. The van der Waals surface area contributed by atoms with E-state index in [1.54, 1.807) is 4.90 Å². The minimum absolute atomic E-state index is 0.0464. The number of aromatic nitrogens is 2. The SMILES string of the molecule is O=C(c1nn2c(c1Cl)N[C@@H](c1ccc(F)cc1)C[C@H]2C(F)(F)F)N1CCCCC1. The van der Waals surface area contributed by atoms with Crippen LogP contribution in [0.15, 0.2) is 24.3 Å². The summed E-state index contributed by atoms with van der Waals surface area (Å²) in [7, 11) is 0. The van der Waals surface area contributed by atoms with E-state index < -0.39 is 30.0 Å². The van der Waals surface area contributed by atoms with Gasteiger partial charge in [0.05, 0.1) is 6.04 Å².